The zero-order valence-electron chi connectivity index (χ0n) is 10.6. The molecule has 5 nitrogen and oxygen atoms in total. The van der Waals surface area contributed by atoms with E-state index >= 15 is 0 Å². The zero-order valence-corrected chi connectivity index (χ0v) is 10.6. The van der Waals surface area contributed by atoms with Crippen molar-refractivity contribution in [2.75, 3.05) is 6.54 Å². The summed E-state index contributed by atoms with van der Waals surface area (Å²) < 4.78 is 0. The Hall–Kier alpha value is -1.10. The second-order valence-corrected chi connectivity index (χ2v) is 4.24. The van der Waals surface area contributed by atoms with Gasteiger partial charge in [0, 0.05) is 13.0 Å². The highest BCUT2D eigenvalue weighted by molar-refractivity contribution is 5.81. The van der Waals surface area contributed by atoms with E-state index in [1.54, 1.807) is 0 Å². The molecule has 0 spiro atoms. The number of carboxylic acid groups (broad SMARTS) is 1. The number of carbonyl (C=O) groups is 2. The molecule has 0 rings (SSSR count). The molecule has 17 heavy (non-hydrogen) atoms. The Morgan fingerprint density at radius 1 is 1.24 bits per heavy atom. The van der Waals surface area contributed by atoms with E-state index in [0.29, 0.717) is 19.4 Å². The van der Waals surface area contributed by atoms with Gasteiger partial charge in [0.2, 0.25) is 5.91 Å². The van der Waals surface area contributed by atoms with Crippen LogP contribution in [0.1, 0.15) is 51.9 Å². The molecular weight excluding hydrogens is 220 g/mol. The summed E-state index contributed by atoms with van der Waals surface area (Å²) in [5, 5.41) is 11.2. The maximum Gasteiger partial charge on any atom is 0.303 e. The zero-order chi connectivity index (χ0) is 13.1. The first kappa shape index (κ1) is 15.9. The molecule has 0 aliphatic heterocycles. The van der Waals surface area contributed by atoms with Crippen LogP contribution in [0.3, 0.4) is 0 Å². The summed E-state index contributed by atoms with van der Waals surface area (Å²) in [6.45, 7) is 2.62. The summed E-state index contributed by atoms with van der Waals surface area (Å²) in [6.07, 6.45) is 5.27. The number of carbonyl (C=O) groups excluding carboxylic acids is 1. The number of rotatable bonds is 10. The van der Waals surface area contributed by atoms with Gasteiger partial charge in [0.15, 0.2) is 0 Å². The van der Waals surface area contributed by atoms with E-state index < -0.39 is 12.0 Å². The van der Waals surface area contributed by atoms with Gasteiger partial charge < -0.3 is 16.2 Å². The Bertz CT molecular complexity index is 232. The van der Waals surface area contributed by atoms with Gasteiger partial charge in [-0.15, -0.1) is 0 Å². The quantitative estimate of drug-likeness (QED) is 0.504. The Kier molecular flexibility index (Phi) is 9.43. The average molecular weight is 244 g/mol. The van der Waals surface area contributed by atoms with E-state index in [1.165, 1.54) is 0 Å². The van der Waals surface area contributed by atoms with Gasteiger partial charge in [0.25, 0.3) is 0 Å². The summed E-state index contributed by atoms with van der Waals surface area (Å²) in [6, 6.07) is -0.396. The smallest absolute Gasteiger partial charge is 0.303 e. The van der Waals surface area contributed by atoms with E-state index in [1.807, 2.05) is 6.92 Å². The molecule has 0 bridgehead atoms. The van der Waals surface area contributed by atoms with Crippen LogP contribution in [-0.4, -0.2) is 29.6 Å². The van der Waals surface area contributed by atoms with E-state index in [4.69, 9.17) is 10.8 Å². The normalized spacial score (nSPS) is 12.1. The number of nitrogens with two attached hydrogens (primary N) is 1. The lowest BCUT2D eigenvalue weighted by atomic mass is 10.1. The predicted molar refractivity (Wildman–Crippen MR) is 66.6 cm³/mol. The molecule has 0 heterocycles. The predicted octanol–water partition coefficient (Wildman–Crippen LogP) is 1.27. The highest BCUT2D eigenvalue weighted by Crippen LogP contribution is 2.02. The topological polar surface area (TPSA) is 92.4 Å². The number of hydrogen-bond donors (Lipinski definition) is 3. The summed E-state index contributed by atoms with van der Waals surface area (Å²) in [5.74, 6) is -0.832. The molecule has 0 aromatic rings. The molecule has 1 atom stereocenters. The van der Waals surface area contributed by atoms with Crippen molar-refractivity contribution in [2.45, 2.75) is 57.9 Å². The van der Waals surface area contributed by atoms with Gasteiger partial charge in [0.05, 0.1) is 6.04 Å². The summed E-state index contributed by atoms with van der Waals surface area (Å²) in [7, 11) is 0. The highest BCUT2D eigenvalue weighted by Gasteiger charge is 2.10. The second-order valence-electron chi connectivity index (χ2n) is 4.24. The number of hydrogen-bond acceptors (Lipinski definition) is 3. The van der Waals surface area contributed by atoms with Gasteiger partial charge >= 0.3 is 5.97 Å². The van der Waals surface area contributed by atoms with Crippen molar-refractivity contribution in [1.29, 1.82) is 0 Å². The molecule has 0 saturated carbocycles. The molecule has 1 amide bonds. The summed E-state index contributed by atoms with van der Waals surface area (Å²) in [5.41, 5.74) is 5.65. The fourth-order valence-corrected chi connectivity index (χ4v) is 1.54. The van der Waals surface area contributed by atoms with Gasteiger partial charge in [0.1, 0.15) is 0 Å². The minimum atomic E-state index is -0.746. The number of unbranched alkanes of at least 4 members (excludes halogenated alkanes) is 3. The first-order chi connectivity index (χ1) is 8.07. The van der Waals surface area contributed by atoms with Crippen LogP contribution in [0.2, 0.25) is 0 Å². The lowest BCUT2D eigenvalue weighted by molar-refractivity contribution is -0.137. The van der Waals surface area contributed by atoms with E-state index in [0.717, 1.165) is 25.7 Å². The third-order valence-electron chi connectivity index (χ3n) is 2.55. The summed E-state index contributed by atoms with van der Waals surface area (Å²) in [4.78, 5) is 21.6. The molecule has 0 aliphatic rings. The lowest BCUT2D eigenvalue weighted by Gasteiger charge is -2.10. The molecular formula is C12H24N2O3. The van der Waals surface area contributed by atoms with Gasteiger partial charge in [-0.3, -0.25) is 9.59 Å². The second kappa shape index (κ2) is 10.1. The molecule has 0 radical (unpaired) electrons. The maximum absolute atomic E-state index is 11.4. The van der Waals surface area contributed by atoms with Gasteiger partial charge in [-0.1, -0.05) is 26.2 Å². The Morgan fingerprint density at radius 2 is 1.88 bits per heavy atom. The monoisotopic (exact) mass is 244 g/mol. The maximum atomic E-state index is 11.4. The molecule has 0 aromatic heterocycles. The van der Waals surface area contributed by atoms with Crippen LogP contribution in [-0.2, 0) is 9.59 Å². The third-order valence-corrected chi connectivity index (χ3v) is 2.55. The van der Waals surface area contributed by atoms with Crippen LogP contribution in [0, 0.1) is 0 Å². The van der Waals surface area contributed by atoms with Crippen molar-refractivity contribution in [2.24, 2.45) is 5.73 Å². The van der Waals surface area contributed by atoms with Crippen LogP contribution < -0.4 is 11.1 Å². The fourth-order valence-electron chi connectivity index (χ4n) is 1.54. The minimum Gasteiger partial charge on any atom is -0.481 e. The average Bonchev–Trinajstić information content (AvgIpc) is 2.27. The first-order valence-corrected chi connectivity index (χ1v) is 6.33. The SMILES string of the molecule is CCC[C@@H](N)C(=O)NCCCCCCC(=O)O. The molecule has 0 aliphatic carbocycles. The van der Waals surface area contributed by atoms with Crippen LogP contribution in [0.25, 0.3) is 0 Å². The molecule has 4 N–H and O–H groups in total. The van der Waals surface area contributed by atoms with E-state index in [-0.39, 0.29) is 12.3 Å². The van der Waals surface area contributed by atoms with Crippen molar-refractivity contribution in [3.63, 3.8) is 0 Å². The number of nitrogens with one attached hydrogen (secondary N) is 1. The first-order valence-electron chi connectivity index (χ1n) is 6.33. The van der Waals surface area contributed by atoms with E-state index in [2.05, 4.69) is 5.32 Å². The van der Waals surface area contributed by atoms with Crippen molar-refractivity contribution in [3.05, 3.63) is 0 Å². The van der Waals surface area contributed by atoms with Crippen molar-refractivity contribution in [3.8, 4) is 0 Å². The van der Waals surface area contributed by atoms with Gasteiger partial charge in [-0.05, 0) is 19.3 Å². The fraction of sp³-hybridized carbons (Fsp3) is 0.833. The standard InChI is InChI=1S/C12H24N2O3/c1-2-7-10(13)12(17)14-9-6-4-3-5-8-11(15)16/h10H,2-9,13H2,1H3,(H,14,17)(H,15,16)/t10-/m1/s1. The molecule has 0 unspecified atom stereocenters. The molecule has 100 valence electrons. The third kappa shape index (κ3) is 9.81. The van der Waals surface area contributed by atoms with E-state index in [9.17, 15) is 9.59 Å². The van der Waals surface area contributed by atoms with Crippen LogP contribution >= 0.6 is 0 Å². The Morgan fingerprint density at radius 3 is 2.47 bits per heavy atom. The lowest BCUT2D eigenvalue weighted by Crippen LogP contribution is -2.40. The van der Waals surface area contributed by atoms with Gasteiger partial charge in [-0.25, -0.2) is 0 Å². The minimum absolute atomic E-state index is 0.0858. The summed E-state index contributed by atoms with van der Waals surface area (Å²) >= 11 is 0. The van der Waals surface area contributed by atoms with Crippen LogP contribution in [0.4, 0.5) is 0 Å². The Labute approximate surface area is 103 Å². The van der Waals surface area contributed by atoms with Crippen LogP contribution in [0.15, 0.2) is 0 Å². The molecule has 0 saturated heterocycles. The highest BCUT2D eigenvalue weighted by atomic mass is 16.4. The molecule has 5 heteroatoms. The van der Waals surface area contributed by atoms with Crippen LogP contribution in [0.5, 0.6) is 0 Å². The molecule has 0 aromatic carbocycles. The van der Waals surface area contributed by atoms with Crippen molar-refractivity contribution < 1.29 is 14.7 Å². The number of carboxylic acids is 1. The van der Waals surface area contributed by atoms with Gasteiger partial charge in [-0.2, -0.15) is 0 Å². The number of amides is 1. The molecule has 0 fully saturated rings. The number of aliphatic carboxylic acids is 1. The van der Waals surface area contributed by atoms with Crippen molar-refractivity contribution >= 4 is 11.9 Å². The largest absolute Gasteiger partial charge is 0.481 e. The van der Waals surface area contributed by atoms with Crippen molar-refractivity contribution in [1.82, 2.24) is 5.32 Å². The Balaban J connectivity index is 3.33.